The molecular formula is C12H18N2O. The Labute approximate surface area is 90.9 Å². The van der Waals surface area contributed by atoms with E-state index in [1.54, 1.807) is 0 Å². The van der Waals surface area contributed by atoms with E-state index in [0.717, 1.165) is 18.6 Å². The van der Waals surface area contributed by atoms with Gasteiger partial charge in [-0.05, 0) is 25.0 Å². The van der Waals surface area contributed by atoms with Gasteiger partial charge in [-0.25, -0.2) is 0 Å². The molecule has 3 heteroatoms. The Morgan fingerprint density at radius 3 is 2.73 bits per heavy atom. The second-order valence-corrected chi connectivity index (χ2v) is 3.34. The summed E-state index contributed by atoms with van der Waals surface area (Å²) in [6.45, 7) is 4.34. The van der Waals surface area contributed by atoms with Crippen LogP contribution in [-0.4, -0.2) is 12.6 Å². The van der Waals surface area contributed by atoms with Gasteiger partial charge in [0, 0.05) is 6.04 Å². The van der Waals surface area contributed by atoms with E-state index >= 15 is 0 Å². The van der Waals surface area contributed by atoms with E-state index in [4.69, 9.17) is 10.6 Å². The van der Waals surface area contributed by atoms with E-state index < -0.39 is 0 Å². The number of nitrogens with two attached hydrogens (primary N) is 1. The summed E-state index contributed by atoms with van der Waals surface area (Å²) in [5, 5.41) is 0. The minimum absolute atomic E-state index is 0.242. The highest BCUT2D eigenvalue weighted by Crippen LogP contribution is 2.09. The number of ether oxygens (including phenoxy) is 1. The van der Waals surface area contributed by atoms with Crippen LogP contribution in [-0.2, 0) is 0 Å². The predicted molar refractivity (Wildman–Crippen MR) is 62.5 cm³/mol. The highest BCUT2D eigenvalue weighted by Gasteiger charge is 2.03. The molecule has 15 heavy (non-hydrogen) atoms. The van der Waals surface area contributed by atoms with E-state index in [-0.39, 0.29) is 6.04 Å². The SMILES string of the molecule is C=CCC(CCOc1ccccc1)NN. The van der Waals surface area contributed by atoms with Crippen molar-refractivity contribution in [3.63, 3.8) is 0 Å². The minimum atomic E-state index is 0.242. The topological polar surface area (TPSA) is 47.3 Å². The molecule has 0 spiro atoms. The smallest absolute Gasteiger partial charge is 0.119 e. The summed E-state index contributed by atoms with van der Waals surface area (Å²) < 4.78 is 5.55. The van der Waals surface area contributed by atoms with Gasteiger partial charge in [-0.2, -0.15) is 0 Å². The van der Waals surface area contributed by atoms with Crippen LogP contribution in [0.3, 0.4) is 0 Å². The lowest BCUT2D eigenvalue weighted by molar-refractivity contribution is 0.286. The summed E-state index contributed by atoms with van der Waals surface area (Å²) in [5.41, 5.74) is 2.74. The average Bonchev–Trinajstić information content (AvgIpc) is 2.29. The molecule has 3 nitrogen and oxygen atoms in total. The standard InChI is InChI=1S/C12H18N2O/c1-2-6-11(14-13)9-10-15-12-7-4-3-5-8-12/h2-5,7-8,11,14H,1,6,9-10,13H2. The molecule has 1 aromatic rings. The molecule has 1 atom stereocenters. The van der Waals surface area contributed by atoms with Gasteiger partial charge in [0.15, 0.2) is 0 Å². The van der Waals surface area contributed by atoms with Crippen molar-refractivity contribution in [1.82, 2.24) is 5.43 Å². The fourth-order valence-electron chi connectivity index (χ4n) is 1.31. The maximum atomic E-state index is 5.55. The van der Waals surface area contributed by atoms with Gasteiger partial charge in [0.1, 0.15) is 5.75 Å². The maximum Gasteiger partial charge on any atom is 0.119 e. The summed E-state index contributed by atoms with van der Waals surface area (Å²) in [6.07, 6.45) is 3.58. The number of para-hydroxylation sites is 1. The van der Waals surface area contributed by atoms with Crippen molar-refractivity contribution in [2.45, 2.75) is 18.9 Å². The third-order valence-electron chi connectivity index (χ3n) is 2.17. The molecule has 0 fully saturated rings. The lowest BCUT2D eigenvalue weighted by Gasteiger charge is -2.14. The van der Waals surface area contributed by atoms with Gasteiger partial charge in [0.2, 0.25) is 0 Å². The first-order chi connectivity index (χ1) is 7.36. The molecule has 3 N–H and O–H groups in total. The number of hydrazine groups is 1. The van der Waals surface area contributed by atoms with E-state index in [0.29, 0.717) is 6.61 Å². The zero-order valence-corrected chi connectivity index (χ0v) is 8.86. The van der Waals surface area contributed by atoms with Crippen LogP contribution in [0.25, 0.3) is 0 Å². The molecule has 0 saturated heterocycles. The quantitative estimate of drug-likeness (QED) is 0.407. The zero-order chi connectivity index (χ0) is 10.9. The molecule has 0 aromatic heterocycles. The number of benzene rings is 1. The summed E-state index contributed by atoms with van der Waals surface area (Å²) >= 11 is 0. The summed E-state index contributed by atoms with van der Waals surface area (Å²) in [6, 6.07) is 10.0. The van der Waals surface area contributed by atoms with Crippen LogP contribution in [0.4, 0.5) is 0 Å². The van der Waals surface area contributed by atoms with Crippen molar-refractivity contribution in [1.29, 1.82) is 0 Å². The summed E-state index contributed by atoms with van der Waals surface area (Å²) in [7, 11) is 0. The summed E-state index contributed by atoms with van der Waals surface area (Å²) in [4.78, 5) is 0. The molecule has 0 bridgehead atoms. The van der Waals surface area contributed by atoms with E-state index in [9.17, 15) is 0 Å². The molecule has 1 rings (SSSR count). The van der Waals surface area contributed by atoms with Crippen LogP contribution in [0.1, 0.15) is 12.8 Å². The molecule has 0 radical (unpaired) electrons. The highest BCUT2D eigenvalue weighted by atomic mass is 16.5. The fourth-order valence-corrected chi connectivity index (χ4v) is 1.31. The van der Waals surface area contributed by atoms with E-state index in [2.05, 4.69) is 12.0 Å². The van der Waals surface area contributed by atoms with E-state index in [1.807, 2.05) is 36.4 Å². The summed E-state index contributed by atoms with van der Waals surface area (Å²) in [5.74, 6) is 6.28. The molecule has 1 unspecified atom stereocenters. The molecule has 0 aliphatic carbocycles. The Bertz CT molecular complexity index is 274. The predicted octanol–water partition coefficient (Wildman–Crippen LogP) is 1.86. The van der Waals surface area contributed by atoms with E-state index in [1.165, 1.54) is 0 Å². The Balaban J connectivity index is 2.23. The first kappa shape index (κ1) is 11.8. The van der Waals surface area contributed by atoms with Crippen molar-refractivity contribution >= 4 is 0 Å². The van der Waals surface area contributed by atoms with Crippen molar-refractivity contribution in [3.05, 3.63) is 43.0 Å². The van der Waals surface area contributed by atoms with Crippen LogP contribution in [0, 0.1) is 0 Å². The zero-order valence-electron chi connectivity index (χ0n) is 8.86. The third-order valence-corrected chi connectivity index (χ3v) is 2.17. The second-order valence-electron chi connectivity index (χ2n) is 3.34. The van der Waals surface area contributed by atoms with Crippen molar-refractivity contribution < 1.29 is 4.74 Å². The maximum absolute atomic E-state index is 5.55. The molecule has 0 heterocycles. The van der Waals surface area contributed by atoms with Crippen molar-refractivity contribution in [2.24, 2.45) is 5.84 Å². The fraction of sp³-hybridized carbons (Fsp3) is 0.333. The molecule has 0 amide bonds. The molecular weight excluding hydrogens is 188 g/mol. The van der Waals surface area contributed by atoms with Gasteiger partial charge >= 0.3 is 0 Å². The Morgan fingerprint density at radius 1 is 1.40 bits per heavy atom. The molecule has 0 saturated carbocycles. The van der Waals surface area contributed by atoms with Crippen LogP contribution >= 0.6 is 0 Å². The normalized spacial score (nSPS) is 12.1. The van der Waals surface area contributed by atoms with Gasteiger partial charge in [-0.15, -0.1) is 6.58 Å². The Hall–Kier alpha value is -1.32. The number of hydrogen-bond acceptors (Lipinski definition) is 3. The third kappa shape index (κ3) is 4.63. The van der Waals surface area contributed by atoms with Crippen LogP contribution in [0.5, 0.6) is 5.75 Å². The second kappa shape index (κ2) is 7.04. The molecule has 0 aliphatic heterocycles. The Kier molecular flexibility index (Phi) is 5.51. The lowest BCUT2D eigenvalue weighted by Crippen LogP contribution is -2.35. The highest BCUT2D eigenvalue weighted by molar-refractivity contribution is 5.20. The number of hydrogen-bond donors (Lipinski definition) is 2. The van der Waals surface area contributed by atoms with Crippen LogP contribution < -0.4 is 16.0 Å². The minimum Gasteiger partial charge on any atom is -0.494 e. The molecule has 82 valence electrons. The van der Waals surface area contributed by atoms with Crippen molar-refractivity contribution in [2.75, 3.05) is 6.61 Å². The largest absolute Gasteiger partial charge is 0.494 e. The monoisotopic (exact) mass is 206 g/mol. The van der Waals surface area contributed by atoms with Gasteiger partial charge in [-0.3, -0.25) is 11.3 Å². The van der Waals surface area contributed by atoms with Gasteiger partial charge in [0.25, 0.3) is 0 Å². The molecule has 1 aromatic carbocycles. The Morgan fingerprint density at radius 2 is 2.13 bits per heavy atom. The van der Waals surface area contributed by atoms with Gasteiger partial charge < -0.3 is 4.74 Å². The van der Waals surface area contributed by atoms with Crippen molar-refractivity contribution in [3.8, 4) is 5.75 Å². The van der Waals surface area contributed by atoms with Gasteiger partial charge in [-0.1, -0.05) is 24.3 Å². The van der Waals surface area contributed by atoms with Crippen LogP contribution in [0.2, 0.25) is 0 Å². The van der Waals surface area contributed by atoms with Gasteiger partial charge in [0.05, 0.1) is 6.61 Å². The lowest BCUT2D eigenvalue weighted by atomic mass is 10.1. The first-order valence-corrected chi connectivity index (χ1v) is 5.11. The number of rotatable bonds is 7. The van der Waals surface area contributed by atoms with Crippen LogP contribution in [0.15, 0.2) is 43.0 Å². The first-order valence-electron chi connectivity index (χ1n) is 5.11. The number of nitrogens with one attached hydrogen (secondary N) is 1. The average molecular weight is 206 g/mol. The molecule has 0 aliphatic rings.